The average Bonchev–Trinajstić information content (AvgIpc) is 2.62. The van der Waals surface area contributed by atoms with E-state index < -0.39 is 6.29 Å². The first-order valence-electron chi connectivity index (χ1n) is 9.33. The van der Waals surface area contributed by atoms with Crippen molar-refractivity contribution < 1.29 is 19.4 Å². The summed E-state index contributed by atoms with van der Waals surface area (Å²) in [6.45, 7) is 0.678. The molecule has 0 unspecified atom stereocenters. The summed E-state index contributed by atoms with van der Waals surface area (Å²) in [4.78, 5) is 12.6. The Hall–Kier alpha value is -1.12. The van der Waals surface area contributed by atoms with Gasteiger partial charge >= 0.3 is 0 Å². The number of hydrogen-bond acceptors (Lipinski definition) is 4. The minimum atomic E-state index is -0.440. The molecule has 26 heavy (non-hydrogen) atoms. The van der Waals surface area contributed by atoms with Gasteiger partial charge in [-0.1, -0.05) is 12.1 Å². The van der Waals surface area contributed by atoms with E-state index >= 15 is 0 Å². The number of aliphatic hydroxyl groups is 1. The van der Waals surface area contributed by atoms with E-state index in [-0.39, 0.29) is 24.5 Å². The van der Waals surface area contributed by atoms with Crippen molar-refractivity contribution in [1.82, 2.24) is 5.32 Å². The fourth-order valence-electron chi connectivity index (χ4n) is 3.10. The monoisotopic (exact) mass is 471 g/mol. The maximum atomic E-state index is 12.6. The van der Waals surface area contributed by atoms with Crippen molar-refractivity contribution in [2.75, 3.05) is 13.2 Å². The van der Waals surface area contributed by atoms with Gasteiger partial charge in [0.2, 0.25) is 6.29 Å². The molecule has 5 nitrogen and oxygen atoms in total. The number of hydrogen-bond donors (Lipinski definition) is 2. The van der Waals surface area contributed by atoms with Crippen molar-refractivity contribution in [3.8, 4) is 0 Å². The Balaban J connectivity index is 1.69. The van der Waals surface area contributed by atoms with Crippen LogP contribution in [0.2, 0.25) is 0 Å². The number of halogens is 1. The highest BCUT2D eigenvalue weighted by molar-refractivity contribution is 14.1. The lowest BCUT2D eigenvalue weighted by Gasteiger charge is -2.31. The second kappa shape index (κ2) is 9.71. The number of amides is 1. The Morgan fingerprint density at radius 1 is 1.27 bits per heavy atom. The minimum absolute atomic E-state index is 0.0886. The molecule has 1 heterocycles. The Morgan fingerprint density at radius 3 is 2.69 bits per heavy atom. The number of benzene rings is 1. The second-order valence-electron chi connectivity index (χ2n) is 6.87. The number of allylic oxidation sites excluding steroid dienone is 1. The van der Waals surface area contributed by atoms with Crippen LogP contribution in [0.3, 0.4) is 0 Å². The van der Waals surface area contributed by atoms with Crippen LogP contribution in [0, 0.1) is 3.57 Å². The third-order valence-corrected chi connectivity index (χ3v) is 5.60. The van der Waals surface area contributed by atoms with Crippen molar-refractivity contribution >= 4 is 28.5 Å². The first-order chi connectivity index (χ1) is 12.7. The zero-order chi connectivity index (χ0) is 18.4. The van der Waals surface area contributed by atoms with E-state index in [4.69, 9.17) is 14.6 Å². The van der Waals surface area contributed by atoms with Gasteiger partial charge in [-0.15, -0.1) is 0 Å². The van der Waals surface area contributed by atoms with Gasteiger partial charge in [-0.25, -0.2) is 0 Å². The molecule has 1 aliphatic carbocycles. The largest absolute Gasteiger partial charge is 0.459 e. The first-order valence-corrected chi connectivity index (χ1v) is 10.4. The van der Waals surface area contributed by atoms with Crippen LogP contribution >= 0.6 is 22.6 Å². The fourth-order valence-corrected chi connectivity index (χ4v) is 3.46. The molecule has 1 amide bonds. The Labute approximate surface area is 168 Å². The Bertz CT molecular complexity index is 627. The second-order valence-corrected chi connectivity index (χ2v) is 8.12. The smallest absolute Gasteiger partial charge is 0.286 e. The molecule has 2 atom stereocenters. The van der Waals surface area contributed by atoms with Crippen molar-refractivity contribution in [2.45, 2.75) is 56.8 Å². The molecule has 0 bridgehead atoms. The van der Waals surface area contributed by atoms with Crippen LogP contribution in [0.15, 0.2) is 36.1 Å². The van der Waals surface area contributed by atoms with Crippen molar-refractivity contribution in [1.29, 1.82) is 0 Å². The van der Waals surface area contributed by atoms with Gasteiger partial charge in [-0.05, 0) is 78.5 Å². The zero-order valence-electron chi connectivity index (χ0n) is 14.8. The lowest BCUT2D eigenvalue weighted by atomic mass is 9.91. The molecule has 1 saturated carbocycles. The van der Waals surface area contributed by atoms with Crippen LogP contribution in [-0.2, 0) is 14.3 Å². The molecule has 2 N–H and O–H groups in total. The highest BCUT2D eigenvalue weighted by Gasteiger charge is 2.30. The van der Waals surface area contributed by atoms with E-state index in [1.165, 1.54) is 9.99 Å². The van der Waals surface area contributed by atoms with E-state index in [2.05, 4.69) is 52.2 Å². The summed E-state index contributed by atoms with van der Waals surface area (Å²) in [6, 6.07) is 8.61. The Morgan fingerprint density at radius 2 is 2.04 bits per heavy atom. The summed E-state index contributed by atoms with van der Waals surface area (Å²) in [7, 11) is 0. The standard InChI is InChI=1S/C20H26INO4/c21-16-8-6-14(7-9-16)15-12-18(20(24)22-17-4-3-5-17)26-19(13-15)25-11-2-1-10-23/h6-9,12,15,17,19,23H,1-5,10-11,13H2,(H,22,24)/t15-,19+/m1/s1. The van der Waals surface area contributed by atoms with Crippen LogP contribution in [0.25, 0.3) is 0 Å². The lowest BCUT2D eigenvalue weighted by molar-refractivity contribution is -0.147. The maximum absolute atomic E-state index is 12.6. The summed E-state index contributed by atoms with van der Waals surface area (Å²) in [5.74, 6) is 0.304. The molecule has 0 radical (unpaired) electrons. The summed E-state index contributed by atoms with van der Waals surface area (Å²) in [5.41, 5.74) is 1.16. The molecule has 1 aromatic rings. The third kappa shape index (κ3) is 5.44. The number of ether oxygens (including phenoxy) is 2. The first kappa shape index (κ1) is 19.6. The number of nitrogens with one attached hydrogen (secondary N) is 1. The van der Waals surface area contributed by atoms with Crippen LogP contribution in [0.5, 0.6) is 0 Å². The van der Waals surface area contributed by atoms with Crippen molar-refractivity contribution in [3.63, 3.8) is 0 Å². The molecule has 3 rings (SSSR count). The van der Waals surface area contributed by atoms with E-state index in [9.17, 15) is 4.79 Å². The molecule has 1 aliphatic heterocycles. The third-order valence-electron chi connectivity index (χ3n) is 4.88. The van der Waals surface area contributed by atoms with Crippen molar-refractivity contribution in [3.05, 3.63) is 45.2 Å². The van der Waals surface area contributed by atoms with Gasteiger partial charge < -0.3 is 19.9 Å². The average molecular weight is 471 g/mol. The maximum Gasteiger partial charge on any atom is 0.286 e. The van der Waals surface area contributed by atoms with Gasteiger partial charge in [0.1, 0.15) is 0 Å². The summed E-state index contributed by atoms with van der Waals surface area (Å²) in [6.07, 6.45) is 6.90. The molecule has 1 fully saturated rings. The van der Waals surface area contributed by atoms with E-state index in [1.54, 1.807) is 0 Å². The molecule has 142 valence electrons. The number of aliphatic hydroxyl groups excluding tert-OH is 1. The predicted molar refractivity (Wildman–Crippen MR) is 108 cm³/mol. The van der Waals surface area contributed by atoms with Gasteiger partial charge in [-0.2, -0.15) is 0 Å². The van der Waals surface area contributed by atoms with E-state index in [1.807, 2.05) is 6.08 Å². The van der Waals surface area contributed by atoms with Gasteiger partial charge in [0, 0.05) is 28.6 Å². The SMILES string of the molecule is O=C(NC1CCC1)C1=C[C@@H](c2ccc(I)cc2)C[C@@H](OCCCCO)O1. The van der Waals surface area contributed by atoms with E-state index in [0.29, 0.717) is 25.2 Å². The molecule has 0 spiro atoms. The molecular weight excluding hydrogens is 445 g/mol. The van der Waals surface area contributed by atoms with Gasteiger partial charge in [-0.3, -0.25) is 4.79 Å². The van der Waals surface area contributed by atoms with Gasteiger partial charge in [0.15, 0.2) is 5.76 Å². The van der Waals surface area contributed by atoms with Gasteiger partial charge in [0.05, 0.1) is 6.61 Å². The number of unbranched alkanes of at least 4 members (excludes halogenated alkanes) is 1. The van der Waals surface area contributed by atoms with Crippen LogP contribution < -0.4 is 5.32 Å². The summed E-state index contributed by atoms with van der Waals surface area (Å²) >= 11 is 2.29. The highest BCUT2D eigenvalue weighted by Crippen LogP contribution is 2.32. The van der Waals surface area contributed by atoms with Gasteiger partial charge in [0.25, 0.3) is 5.91 Å². The van der Waals surface area contributed by atoms with Crippen molar-refractivity contribution in [2.24, 2.45) is 0 Å². The Kier molecular flexibility index (Phi) is 7.33. The normalized spacial score (nSPS) is 22.9. The predicted octanol–water partition coefficient (Wildman–Crippen LogP) is 3.46. The van der Waals surface area contributed by atoms with Crippen LogP contribution in [0.4, 0.5) is 0 Å². The summed E-state index contributed by atoms with van der Waals surface area (Å²) in [5, 5.41) is 11.9. The highest BCUT2D eigenvalue weighted by atomic mass is 127. The molecule has 1 aromatic carbocycles. The minimum Gasteiger partial charge on any atom is -0.459 e. The lowest BCUT2D eigenvalue weighted by Crippen LogP contribution is -2.42. The van der Waals surface area contributed by atoms with Crippen LogP contribution in [-0.4, -0.2) is 36.6 Å². The molecule has 0 saturated heterocycles. The topological polar surface area (TPSA) is 67.8 Å². The fraction of sp³-hybridized carbons (Fsp3) is 0.550. The zero-order valence-corrected chi connectivity index (χ0v) is 17.0. The molecule has 6 heteroatoms. The summed E-state index contributed by atoms with van der Waals surface area (Å²) < 4.78 is 12.8. The van der Waals surface area contributed by atoms with E-state index in [0.717, 1.165) is 24.8 Å². The number of rotatable bonds is 8. The number of carbonyl (C=O) groups excluding carboxylic acids is 1. The molecule has 0 aromatic heterocycles. The number of carbonyl (C=O) groups is 1. The van der Waals surface area contributed by atoms with Crippen LogP contribution in [0.1, 0.15) is 50.0 Å². The molecular formula is C20H26INO4. The molecule has 2 aliphatic rings. The quantitative estimate of drug-likeness (QED) is 0.450.